The van der Waals surface area contributed by atoms with Crippen molar-refractivity contribution in [2.24, 2.45) is 5.73 Å². The Morgan fingerprint density at radius 1 is 0.564 bits per heavy atom. The van der Waals surface area contributed by atoms with Gasteiger partial charge in [0.25, 0.3) is 0 Å². The van der Waals surface area contributed by atoms with Crippen LogP contribution in [0.4, 0.5) is 0 Å². The minimum Gasteiger partial charge on any atom is -0.457 e. The number of ether oxygens (including phenoxy) is 2. The average molecular weight is 792 g/mol. The molecular weight excluding hydrogens is 709 g/mol. The molecule has 9 heteroatoms. The standard InChI is InChI=1S/C46H82NO7P/c1-3-5-7-9-11-13-15-17-18-19-20-21-22-23-24-25-26-27-28-30-32-34-36-38-41-51-43-45(44-53-55(49,50)52-42-40-47)54-46(48)39-37-35-33-31-29-16-14-12-10-8-6-4-2/h5,7,11,13,17-18,20-21,23-24,26-27,45H,3-4,6,8-10,12,14-16,19,22,25,28-44,47H2,1-2H3,(H,49,50)/b7-5-,13-11-,18-17-,21-20-,24-23-,27-26-. The van der Waals surface area contributed by atoms with Crippen molar-refractivity contribution < 1.29 is 32.8 Å². The van der Waals surface area contributed by atoms with E-state index in [2.05, 4.69) is 86.8 Å². The topological polar surface area (TPSA) is 117 Å². The van der Waals surface area contributed by atoms with Gasteiger partial charge in [-0.3, -0.25) is 13.8 Å². The molecule has 0 amide bonds. The Hall–Kier alpha value is -2.06. The third-order valence-electron chi connectivity index (χ3n) is 8.89. The van der Waals surface area contributed by atoms with Gasteiger partial charge in [0.2, 0.25) is 0 Å². The lowest BCUT2D eigenvalue weighted by Crippen LogP contribution is -2.28. The van der Waals surface area contributed by atoms with Crippen molar-refractivity contribution in [1.29, 1.82) is 0 Å². The van der Waals surface area contributed by atoms with E-state index in [1.165, 1.54) is 70.6 Å². The van der Waals surface area contributed by atoms with E-state index in [4.69, 9.17) is 24.3 Å². The molecule has 2 atom stereocenters. The predicted octanol–water partition coefficient (Wildman–Crippen LogP) is 13.1. The summed E-state index contributed by atoms with van der Waals surface area (Å²) in [6.07, 6.45) is 53.5. The van der Waals surface area contributed by atoms with Crippen molar-refractivity contribution in [1.82, 2.24) is 0 Å². The smallest absolute Gasteiger partial charge is 0.457 e. The van der Waals surface area contributed by atoms with E-state index >= 15 is 0 Å². The SMILES string of the molecule is CC/C=C\C/C=C\C/C=C\C/C=C\C/C=C\C/C=C\CCCCCCCOCC(COP(=O)(O)OCCN)OC(=O)CCCCCCCCCCCCCC. The third-order valence-corrected chi connectivity index (χ3v) is 9.87. The average Bonchev–Trinajstić information content (AvgIpc) is 3.17. The Morgan fingerprint density at radius 2 is 1.02 bits per heavy atom. The predicted molar refractivity (Wildman–Crippen MR) is 233 cm³/mol. The number of carbonyl (C=O) groups is 1. The molecule has 0 aromatic rings. The Labute approximate surface area is 337 Å². The van der Waals surface area contributed by atoms with Crippen LogP contribution in [-0.4, -0.2) is 49.9 Å². The number of esters is 1. The second kappa shape index (κ2) is 43.1. The molecule has 2 unspecified atom stereocenters. The van der Waals surface area contributed by atoms with Crippen molar-refractivity contribution in [3.05, 3.63) is 72.9 Å². The van der Waals surface area contributed by atoms with E-state index < -0.39 is 13.9 Å². The van der Waals surface area contributed by atoms with Crippen LogP contribution in [0.1, 0.15) is 174 Å². The summed E-state index contributed by atoms with van der Waals surface area (Å²) < 4.78 is 33.4. The van der Waals surface area contributed by atoms with Gasteiger partial charge in [-0.2, -0.15) is 0 Å². The highest BCUT2D eigenvalue weighted by Crippen LogP contribution is 2.43. The number of rotatable bonds is 41. The summed E-state index contributed by atoms with van der Waals surface area (Å²) >= 11 is 0. The first-order valence-electron chi connectivity index (χ1n) is 21.9. The van der Waals surface area contributed by atoms with Crippen LogP contribution in [0.3, 0.4) is 0 Å². The fourth-order valence-corrected chi connectivity index (χ4v) is 6.47. The highest BCUT2D eigenvalue weighted by atomic mass is 31.2. The van der Waals surface area contributed by atoms with Crippen LogP contribution < -0.4 is 5.73 Å². The number of unbranched alkanes of at least 4 members (excludes halogenated alkanes) is 16. The highest BCUT2D eigenvalue weighted by molar-refractivity contribution is 7.47. The lowest BCUT2D eigenvalue weighted by molar-refractivity contribution is -0.154. The first-order chi connectivity index (χ1) is 26.9. The first kappa shape index (κ1) is 52.9. The van der Waals surface area contributed by atoms with Gasteiger partial charge >= 0.3 is 13.8 Å². The van der Waals surface area contributed by atoms with Crippen LogP contribution in [0.25, 0.3) is 0 Å². The van der Waals surface area contributed by atoms with Crippen molar-refractivity contribution in [2.45, 2.75) is 180 Å². The summed E-state index contributed by atoms with van der Waals surface area (Å²) in [5.41, 5.74) is 5.36. The number of carbonyl (C=O) groups excluding carboxylic acids is 1. The van der Waals surface area contributed by atoms with Gasteiger partial charge < -0.3 is 20.1 Å². The van der Waals surface area contributed by atoms with E-state index in [9.17, 15) is 14.3 Å². The molecule has 0 aromatic carbocycles. The molecule has 3 N–H and O–H groups in total. The van der Waals surface area contributed by atoms with Gasteiger partial charge in [-0.1, -0.05) is 177 Å². The molecule has 0 aliphatic rings. The maximum Gasteiger partial charge on any atom is 0.472 e. The monoisotopic (exact) mass is 792 g/mol. The van der Waals surface area contributed by atoms with Gasteiger partial charge in [0, 0.05) is 19.6 Å². The third kappa shape index (κ3) is 42.9. The van der Waals surface area contributed by atoms with Gasteiger partial charge in [-0.15, -0.1) is 0 Å². The first-order valence-corrected chi connectivity index (χ1v) is 23.4. The molecule has 0 aromatic heterocycles. The second-order valence-electron chi connectivity index (χ2n) is 14.2. The molecule has 0 spiro atoms. The number of allylic oxidation sites excluding steroid dienone is 12. The zero-order valence-corrected chi connectivity index (χ0v) is 36.0. The molecule has 0 saturated heterocycles. The largest absolute Gasteiger partial charge is 0.472 e. The maximum atomic E-state index is 12.6. The molecule has 0 radical (unpaired) electrons. The Morgan fingerprint density at radius 3 is 1.53 bits per heavy atom. The normalized spacial score (nSPS) is 14.2. The molecule has 318 valence electrons. The molecule has 0 heterocycles. The van der Waals surface area contributed by atoms with Crippen molar-refractivity contribution >= 4 is 13.8 Å². The molecule has 8 nitrogen and oxygen atoms in total. The van der Waals surface area contributed by atoms with E-state index in [0.29, 0.717) is 13.0 Å². The minimum absolute atomic E-state index is 0.0942. The van der Waals surface area contributed by atoms with Crippen LogP contribution in [0, 0.1) is 0 Å². The number of nitrogens with two attached hydrogens (primary N) is 1. The van der Waals surface area contributed by atoms with Crippen LogP contribution >= 0.6 is 7.82 Å². The van der Waals surface area contributed by atoms with E-state index in [0.717, 1.165) is 83.5 Å². The number of phosphoric ester groups is 1. The zero-order valence-electron chi connectivity index (χ0n) is 35.1. The summed E-state index contributed by atoms with van der Waals surface area (Å²) in [5.74, 6) is -0.341. The molecular formula is C46H82NO7P. The second-order valence-corrected chi connectivity index (χ2v) is 15.6. The quantitative estimate of drug-likeness (QED) is 0.0272. The van der Waals surface area contributed by atoms with E-state index in [1.54, 1.807) is 0 Å². The van der Waals surface area contributed by atoms with Crippen LogP contribution in [0.2, 0.25) is 0 Å². The lowest BCUT2D eigenvalue weighted by Gasteiger charge is -2.20. The molecule has 0 aliphatic heterocycles. The number of hydrogen-bond acceptors (Lipinski definition) is 7. The fourth-order valence-electron chi connectivity index (χ4n) is 5.70. The minimum atomic E-state index is -4.28. The molecule has 0 fully saturated rings. The summed E-state index contributed by atoms with van der Waals surface area (Å²) in [6.45, 7) is 4.74. The highest BCUT2D eigenvalue weighted by Gasteiger charge is 2.25. The van der Waals surface area contributed by atoms with Gasteiger partial charge in [-0.05, 0) is 64.2 Å². The summed E-state index contributed by atoms with van der Waals surface area (Å²) in [6, 6.07) is 0. The van der Waals surface area contributed by atoms with E-state index in [1.807, 2.05) is 0 Å². The molecule has 0 saturated carbocycles. The van der Waals surface area contributed by atoms with Crippen LogP contribution in [-0.2, 0) is 27.9 Å². The fraction of sp³-hybridized carbons (Fsp3) is 0.717. The molecule has 55 heavy (non-hydrogen) atoms. The van der Waals surface area contributed by atoms with Crippen molar-refractivity contribution in [3.63, 3.8) is 0 Å². The van der Waals surface area contributed by atoms with Gasteiger partial charge in [0.15, 0.2) is 0 Å². The van der Waals surface area contributed by atoms with E-state index in [-0.39, 0.29) is 32.3 Å². The Kier molecular flexibility index (Phi) is 41.5. The maximum absolute atomic E-state index is 12.6. The van der Waals surface area contributed by atoms with Gasteiger partial charge in [0.1, 0.15) is 6.10 Å². The van der Waals surface area contributed by atoms with Crippen LogP contribution in [0.5, 0.6) is 0 Å². The van der Waals surface area contributed by atoms with Crippen molar-refractivity contribution in [2.75, 3.05) is 33.0 Å². The van der Waals surface area contributed by atoms with Crippen LogP contribution in [0.15, 0.2) is 72.9 Å². The van der Waals surface area contributed by atoms with Gasteiger partial charge in [0.05, 0.1) is 19.8 Å². The summed E-state index contributed by atoms with van der Waals surface area (Å²) in [5, 5.41) is 0. The zero-order chi connectivity index (χ0) is 40.2. The number of hydrogen-bond donors (Lipinski definition) is 2. The molecule has 0 rings (SSSR count). The van der Waals surface area contributed by atoms with Crippen molar-refractivity contribution in [3.8, 4) is 0 Å². The lowest BCUT2D eigenvalue weighted by atomic mass is 10.0. The summed E-state index contributed by atoms with van der Waals surface area (Å²) in [7, 11) is -4.28. The molecule has 0 aliphatic carbocycles. The Balaban J connectivity index is 4.05. The summed E-state index contributed by atoms with van der Waals surface area (Å²) in [4.78, 5) is 22.4. The van der Waals surface area contributed by atoms with Gasteiger partial charge in [-0.25, -0.2) is 4.57 Å². The Bertz CT molecular complexity index is 1070. The molecule has 0 bridgehead atoms. The number of phosphoric acid groups is 1.